The van der Waals surface area contributed by atoms with E-state index in [2.05, 4.69) is 94.7 Å². The van der Waals surface area contributed by atoms with Crippen molar-refractivity contribution in [2.45, 2.75) is 41.5 Å². The second-order valence-corrected chi connectivity index (χ2v) is 15.5. The van der Waals surface area contributed by atoms with E-state index in [1.165, 1.54) is 24.3 Å². The number of ether oxygens (including phenoxy) is 8. The van der Waals surface area contributed by atoms with Gasteiger partial charge in [0.05, 0.1) is 73.0 Å². The van der Waals surface area contributed by atoms with Gasteiger partial charge in [-0.15, -0.1) is 0 Å². The molecule has 0 bridgehead atoms. The van der Waals surface area contributed by atoms with Gasteiger partial charge in [-0.25, -0.2) is 14.4 Å². The van der Waals surface area contributed by atoms with Crippen molar-refractivity contribution in [2.75, 3.05) is 39.6 Å². The Morgan fingerprint density at radius 1 is 0.321 bits per heavy atom. The zero-order valence-corrected chi connectivity index (χ0v) is 43.8. The molecule has 0 atom stereocenters. The molecule has 0 aliphatic carbocycles. The highest BCUT2D eigenvalue weighted by molar-refractivity contribution is 5.92. The molecule has 0 aromatic heterocycles. The molecule has 0 saturated carbocycles. The smallest absolute Gasteiger partial charge is 0.494 e. The minimum atomic E-state index is -1.30. The first-order valence-corrected chi connectivity index (χ1v) is 24.7. The van der Waals surface area contributed by atoms with Crippen molar-refractivity contribution in [2.24, 2.45) is 0 Å². The van der Waals surface area contributed by atoms with Crippen LogP contribution in [0.1, 0.15) is 107 Å². The number of carbonyl (C=O) groups excluding carboxylic acids is 3. The molecule has 11 nitrogen and oxygen atoms in total. The van der Waals surface area contributed by atoms with Gasteiger partial charge in [0.1, 0.15) is 23.0 Å². The SMILES string of the molecule is CCOC(=O)c1cc(C#CC#Cc2ccc(OCC)cc2)c(OC(=O)Oc2c(C#CC#Cc3ccc(OCC)cc3)cc(C(=O)OCC)cc2C#CC#Cc2ccc(OCC)cc2)c(C#CC#Cc2ccc(OCC)cc2)c1. The Bertz CT molecular complexity index is 3210. The molecule has 0 aliphatic rings. The molecular weight excluding hydrogens is 981 g/mol. The lowest BCUT2D eigenvalue weighted by Crippen LogP contribution is -2.18. The van der Waals surface area contributed by atoms with Crippen LogP contribution < -0.4 is 28.4 Å². The van der Waals surface area contributed by atoms with Gasteiger partial charge in [-0.2, -0.15) is 0 Å². The Hall–Kier alpha value is -10.8. The van der Waals surface area contributed by atoms with Crippen molar-refractivity contribution in [3.63, 3.8) is 0 Å². The average Bonchev–Trinajstić information content (AvgIpc) is 3.44. The zero-order valence-electron chi connectivity index (χ0n) is 43.8. The summed E-state index contributed by atoms with van der Waals surface area (Å²) in [6.45, 7) is 13.1. The first-order valence-electron chi connectivity index (χ1n) is 24.7. The Balaban J connectivity index is 1.48. The molecular formula is C67H50O11. The van der Waals surface area contributed by atoms with Crippen molar-refractivity contribution in [1.29, 1.82) is 0 Å². The molecule has 11 heteroatoms. The molecule has 0 amide bonds. The minimum Gasteiger partial charge on any atom is -0.494 e. The first-order chi connectivity index (χ1) is 38.1. The minimum absolute atomic E-state index is 0.0223. The van der Waals surface area contributed by atoms with E-state index in [-0.39, 0.29) is 58.1 Å². The quantitative estimate of drug-likeness (QED) is 0.0588. The molecule has 0 unspecified atom stereocenters. The van der Waals surface area contributed by atoms with Gasteiger partial charge in [0, 0.05) is 22.3 Å². The van der Waals surface area contributed by atoms with E-state index in [4.69, 9.17) is 37.9 Å². The van der Waals surface area contributed by atoms with Crippen molar-refractivity contribution in [3.8, 4) is 129 Å². The van der Waals surface area contributed by atoms with Gasteiger partial charge in [-0.3, -0.25) is 0 Å². The lowest BCUT2D eigenvalue weighted by atomic mass is 10.0. The number of benzene rings is 6. The standard InChI is InChI=1S/C67H50O11/c1-7-71-59-37-29-49(30-38-59)21-13-17-25-53-45-57(65(68)75-11-5)46-54(26-18-14-22-50-31-39-60(40-32-50)72-8-2)63(53)77-67(70)78-64-55(27-19-15-23-51-33-41-61(42-34-51)73-9-3)47-58(66(69)76-12-6)48-56(64)28-20-16-24-52-35-43-62(44-36-52)74-10-4/h29-48H,7-12H2,1-6H3. The maximum atomic E-state index is 14.4. The summed E-state index contributed by atoms with van der Waals surface area (Å²) in [5.41, 5.74) is 2.80. The van der Waals surface area contributed by atoms with E-state index in [9.17, 15) is 14.4 Å². The van der Waals surface area contributed by atoms with Gasteiger partial charge < -0.3 is 37.9 Å². The van der Waals surface area contributed by atoms with Crippen LogP contribution in [0.2, 0.25) is 0 Å². The van der Waals surface area contributed by atoms with Gasteiger partial charge in [0.2, 0.25) is 0 Å². The van der Waals surface area contributed by atoms with Gasteiger partial charge >= 0.3 is 18.1 Å². The van der Waals surface area contributed by atoms with Gasteiger partial charge in [0.15, 0.2) is 11.5 Å². The predicted octanol–water partition coefficient (Wildman–Crippen LogP) is 10.8. The second kappa shape index (κ2) is 30.4. The van der Waals surface area contributed by atoms with Crippen LogP contribution in [0.3, 0.4) is 0 Å². The van der Waals surface area contributed by atoms with Gasteiger partial charge in [0.25, 0.3) is 0 Å². The molecule has 0 radical (unpaired) electrons. The number of hydrogen-bond donors (Lipinski definition) is 0. The third-order valence-electron chi connectivity index (χ3n) is 10.1. The van der Waals surface area contributed by atoms with Crippen molar-refractivity contribution in [1.82, 2.24) is 0 Å². The van der Waals surface area contributed by atoms with Crippen LogP contribution in [-0.2, 0) is 9.47 Å². The van der Waals surface area contributed by atoms with E-state index >= 15 is 0 Å². The van der Waals surface area contributed by atoms with Crippen molar-refractivity contribution < 1.29 is 52.3 Å². The first kappa shape index (κ1) is 56.5. The maximum Gasteiger partial charge on any atom is 0.519 e. The van der Waals surface area contributed by atoms with Crippen LogP contribution in [-0.4, -0.2) is 57.7 Å². The number of rotatable bonds is 14. The van der Waals surface area contributed by atoms with Crippen molar-refractivity contribution in [3.05, 3.63) is 177 Å². The van der Waals surface area contributed by atoms with Crippen LogP contribution in [0.5, 0.6) is 34.5 Å². The molecule has 6 aromatic rings. The van der Waals surface area contributed by atoms with E-state index in [0.717, 1.165) is 0 Å². The summed E-state index contributed by atoms with van der Waals surface area (Å²) >= 11 is 0. The predicted molar refractivity (Wildman–Crippen MR) is 297 cm³/mol. The summed E-state index contributed by atoms with van der Waals surface area (Å²) < 4.78 is 44.9. The molecule has 6 rings (SSSR count). The molecule has 0 N–H and O–H groups in total. The Kier molecular flexibility index (Phi) is 22.0. The summed E-state index contributed by atoms with van der Waals surface area (Å²) in [5.74, 6) is 47.0. The molecule has 6 aromatic carbocycles. The Morgan fingerprint density at radius 3 is 0.769 bits per heavy atom. The van der Waals surface area contributed by atoms with Gasteiger partial charge in [-0.05, 0) is 234 Å². The third kappa shape index (κ3) is 17.7. The van der Waals surface area contributed by atoms with Crippen LogP contribution in [0.25, 0.3) is 0 Å². The summed E-state index contributed by atoms with van der Waals surface area (Å²) in [4.78, 5) is 41.1. The lowest BCUT2D eigenvalue weighted by Gasteiger charge is -2.14. The Labute approximate surface area is 455 Å². The highest BCUT2D eigenvalue weighted by Crippen LogP contribution is 2.30. The second-order valence-electron chi connectivity index (χ2n) is 15.5. The Morgan fingerprint density at radius 2 is 0.551 bits per heavy atom. The van der Waals surface area contributed by atoms with Crippen LogP contribution >= 0.6 is 0 Å². The fraction of sp³-hybridized carbons (Fsp3) is 0.179. The van der Waals surface area contributed by atoms with E-state index < -0.39 is 18.1 Å². The van der Waals surface area contributed by atoms with E-state index in [1.54, 1.807) is 111 Å². The zero-order chi connectivity index (χ0) is 55.3. The maximum absolute atomic E-state index is 14.4. The highest BCUT2D eigenvalue weighted by atomic mass is 16.7. The summed E-state index contributed by atoms with van der Waals surface area (Å²) in [7, 11) is 0. The van der Waals surface area contributed by atoms with Crippen LogP contribution in [0.15, 0.2) is 121 Å². The fourth-order valence-corrected chi connectivity index (χ4v) is 6.71. The van der Waals surface area contributed by atoms with Gasteiger partial charge in [-0.1, -0.05) is 23.7 Å². The molecule has 0 aliphatic heterocycles. The third-order valence-corrected chi connectivity index (χ3v) is 10.1. The molecule has 0 spiro atoms. The highest BCUT2D eigenvalue weighted by Gasteiger charge is 2.23. The normalized spacial score (nSPS) is 9.31. The summed E-state index contributed by atoms with van der Waals surface area (Å²) in [6, 6.07) is 34.1. The number of esters is 2. The molecule has 0 fully saturated rings. The molecule has 384 valence electrons. The molecule has 0 heterocycles. The van der Waals surface area contributed by atoms with Crippen LogP contribution in [0, 0.1) is 94.7 Å². The largest absolute Gasteiger partial charge is 0.519 e. The topological polar surface area (TPSA) is 125 Å². The monoisotopic (exact) mass is 1030 g/mol. The van der Waals surface area contributed by atoms with E-state index in [0.29, 0.717) is 71.7 Å². The van der Waals surface area contributed by atoms with Crippen molar-refractivity contribution >= 4 is 18.1 Å². The summed E-state index contributed by atoms with van der Waals surface area (Å²) in [5, 5.41) is 0. The number of hydrogen-bond acceptors (Lipinski definition) is 11. The number of carbonyl (C=O) groups is 3. The molecule has 78 heavy (non-hydrogen) atoms. The van der Waals surface area contributed by atoms with Crippen LogP contribution in [0.4, 0.5) is 4.79 Å². The molecule has 0 saturated heterocycles. The fourth-order valence-electron chi connectivity index (χ4n) is 6.71. The average molecular weight is 1030 g/mol. The lowest BCUT2D eigenvalue weighted by molar-refractivity contribution is 0.0516. The summed E-state index contributed by atoms with van der Waals surface area (Å²) in [6.07, 6.45) is -1.30. The van der Waals surface area contributed by atoms with E-state index in [1.807, 2.05) is 27.7 Å².